The zero-order valence-electron chi connectivity index (χ0n) is 9.79. The number of methoxy groups -OCH3 is 1. The van der Waals surface area contributed by atoms with E-state index in [0.29, 0.717) is 5.92 Å². The molecule has 0 amide bonds. The minimum Gasteiger partial charge on any atom is -0.384 e. The fourth-order valence-corrected chi connectivity index (χ4v) is 1.49. The second kappa shape index (κ2) is 6.53. The summed E-state index contributed by atoms with van der Waals surface area (Å²) in [5.41, 5.74) is 2.17. The maximum atomic E-state index is 5.07. The van der Waals surface area contributed by atoms with E-state index in [-0.39, 0.29) is 0 Å². The number of aromatic nitrogens is 1. The quantitative estimate of drug-likeness (QED) is 0.773. The van der Waals surface area contributed by atoms with Crippen LogP contribution in [0.25, 0.3) is 0 Å². The predicted octanol–water partition coefficient (Wildman–Crippen LogP) is 1.76. The van der Waals surface area contributed by atoms with E-state index in [1.165, 1.54) is 0 Å². The van der Waals surface area contributed by atoms with E-state index in [1.54, 1.807) is 7.11 Å². The Balaban J connectivity index is 2.25. The fraction of sp³-hybridized carbons (Fsp3) is 0.583. The number of aryl methyl sites for hydroxylation is 1. The molecule has 0 radical (unpaired) electrons. The molecular weight excluding hydrogens is 188 g/mol. The van der Waals surface area contributed by atoms with Crippen molar-refractivity contribution in [3.8, 4) is 0 Å². The molecule has 0 saturated carbocycles. The lowest BCUT2D eigenvalue weighted by atomic mass is 10.2. The van der Waals surface area contributed by atoms with Crippen molar-refractivity contribution in [1.82, 2.24) is 10.3 Å². The van der Waals surface area contributed by atoms with Crippen molar-refractivity contribution in [2.24, 2.45) is 5.92 Å². The number of nitrogens with zero attached hydrogens (tertiary/aromatic N) is 1. The maximum absolute atomic E-state index is 5.07. The van der Waals surface area contributed by atoms with E-state index >= 15 is 0 Å². The van der Waals surface area contributed by atoms with Crippen molar-refractivity contribution < 1.29 is 4.74 Å². The monoisotopic (exact) mass is 208 g/mol. The van der Waals surface area contributed by atoms with Gasteiger partial charge in [-0.05, 0) is 25.0 Å². The maximum Gasteiger partial charge on any atom is 0.0544 e. The van der Waals surface area contributed by atoms with Gasteiger partial charge in [0.05, 0.1) is 5.69 Å². The summed E-state index contributed by atoms with van der Waals surface area (Å²) in [5.74, 6) is 0.541. The number of hydrogen-bond acceptors (Lipinski definition) is 3. The summed E-state index contributed by atoms with van der Waals surface area (Å²) in [6.45, 7) is 6.77. The van der Waals surface area contributed by atoms with Crippen LogP contribution in [0.4, 0.5) is 0 Å². The van der Waals surface area contributed by atoms with Crippen molar-refractivity contribution in [2.45, 2.75) is 20.4 Å². The summed E-state index contributed by atoms with van der Waals surface area (Å²) >= 11 is 0. The fourth-order valence-electron chi connectivity index (χ4n) is 1.49. The van der Waals surface area contributed by atoms with Crippen LogP contribution in [0, 0.1) is 12.8 Å². The highest BCUT2D eigenvalue weighted by Gasteiger charge is 2.00. The van der Waals surface area contributed by atoms with Crippen LogP contribution >= 0.6 is 0 Å². The first-order valence-corrected chi connectivity index (χ1v) is 5.34. The molecule has 1 N–H and O–H groups in total. The summed E-state index contributed by atoms with van der Waals surface area (Å²) in [6.07, 6.45) is 0. The van der Waals surface area contributed by atoms with Gasteiger partial charge >= 0.3 is 0 Å². The summed E-state index contributed by atoms with van der Waals surface area (Å²) in [6, 6.07) is 6.09. The molecule has 0 aromatic carbocycles. The Morgan fingerprint density at radius 1 is 1.47 bits per heavy atom. The Bertz CT molecular complexity index is 289. The molecule has 0 spiro atoms. The Kier molecular flexibility index (Phi) is 5.29. The first-order valence-electron chi connectivity index (χ1n) is 5.34. The van der Waals surface area contributed by atoms with E-state index in [4.69, 9.17) is 4.74 Å². The third-order valence-corrected chi connectivity index (χ3v) is 2.20. The average Bonchev–Trinajstić information content (AvgIpc) is 2.18. The van der Waals surface area contributed by atoms with Crippen LogP contribution in [0.2, 0.25) is 0 Å². The Labute approximate surface area is 91.9 Å². The molecule has 1 unspecified atom stereocenters. The van der Waals surface area contributed by atoms with E-state index in [2.05, 4.69) is 17.2 Å². The van der Waals surface area contributed by atoms with Crippen LogP contribution in [-0.4, -0.2) is 25.2 Å². The lowest BCUT2D eigenvalue weighted by Gasteiger charge is -2.11. The molecule has 1 atom stereocenters. The van der Waals surface area contributed by atoms with Gasteiger partial charge in [-0.2, -0.15) is 0 Å². The van der Waals surface area contributed by atoms with Crippen LogP contribution in [0.5, 0.6) is 0 Å². The van der Waals surface area contributed by atoms with Gasteiger partial charge in [0.2, 0.25) is 0 Å². The van der Waals surface area contributed by atoms with E-state index in [1.807, 2.05) is 25.1 Å². The largest absolute Gasteiger partial charge is 0.384 e. The molecule has 1 aromatic rings. The van der Waals surface area contributed by atoms with Crippen molar-refractivity contribution >= 4 is 0 Å². The molecule has 84 valence electrons. The molecule has 0 bridgehead atoms. The second-order valence-corrected chi connectivity index (χ2v) is 3.96. The van der Waals surface area contributed by atoms with E-state index < -0.39 is 0 Å². The van der Waals surface area contributed by atoms with Crippen LogP contribution in [-0.2, 0) is 11.3 Å². The molecule has 0 aliphatic heterocycles. The highest BCUT2D eigenvalue weighted by Crippen LogP contribution is 1.98. The van der Waals surface area contributed by atoms with Crippen molar-refractivity contribution in [3.63, 3.8) is 0 Å². The van der Waals surface area contributed by atoms with Gasteiger partial charge < -0.3 is 10.1 Å². The van der Waals surface area contributed by atoms with E-state index in [9.17, 15) is 0 Å². The van der Waals surface area contributed by atoms with Gasteiger partial charge in [0.15, 0.2) is 0 Å². The van der Waals surface area contributed by atoms with Crippen molar-refractivity contribution in [3.05, 3.63) is 29.6 Å². The first kappa shape index (κ1) is 12.1. The molecule has 0 aliphatic rings. The molecule has 1 aromatic heterocycles. The van der Waals surface area contributed by atoms with Gasteiger partial charge in [0.1, 0.15) is 0 Å². The summed E-state index contributed by atoms with van der Waals surface area (Å²) in [5, 5.41) is 3.37. The molecule has 1 rings (SSSR count). The van der Waals surface area contributed by atoms with Crippen LogP contribution in [0.15, 0.2) is 18.2 Å². The lowest BCUT2D eigenvalue weighted by Crippen LogP contribution is -2.23. The van der Waals surface area contributed by atoms with Gasteiger partial charge in [0.25, 0.3) is 0 Å². The average molecular weight is 208 g/mol. The first-order chi connectivity index (χ1) is 7.22. The molecular formula is C12H20N2O. The predicted molar refractivity (Wildman–Crippen MR) is 61.7 cm³/mol. The van der Waals surface area contributed by atoms with Crippen molar-refractivity contribution in [1.29, 1.82) is 0 Å². The summed E-state index contributed by atoms with van der Waals surface area (Å²) in [7, 11) is 1.73. The molecule has 0 saturated heterocycles. The van der Waals surface area contributed by atoms with Gasteiger partial charge in [0, 0.05) is 32.5 Å². The summed E-state index contributed by atoms with van der Waals surface area (Å²) in [4.78, 5) is 4.42. The normalized spacial score (nSPS) is 12.7. The van der Waals surface area contributed by atoms with Crippen LogP contribution in [0.1, 0.15) is 18.3 Å². The molecule has 15 heavy (non-hydrogen) atoms. The SMILES string of the molecule is COCC(C)CNCc1cccc(C)n1. The van der Waals surface area contributed by atoms with Crippen LogP contribution in [0.3, 0.4) is 0 Å². The number of hydrogen-bond donors (Lipinski definition) is 1. The highest BCUT2D eigenvalue weighted by atomic mass is 16.5. The van der Waals surface area contributed by atoms with Gasteiger partial charge in [-0.1, -0.05) is 13.0 Å². The minimum atomic E-state index is 0.541. The minimum absolute atomic E-state index is 0.541. The van der Waals surface area contributed by atoms with Gasteiger partial charge in [-0.3, -0.25) is 4.98 Å². The third-order valence-electron chi connectivity index (χ3n) is 2.20. The highest BCUT2D eigenvalue weighted by molar-refractivity contribution is 5.09. The number of nitrogens with one attached hydrogen (secondary N) is 1. The Morgan fingerprint density at radius 3 is 2.93 bits per heavy atom. The molecule has 3 nitrogen and oxygen atoms in total. The third kappa shape index (κ3) is 4.91. The van der Waals surface area contributed by atoms with Crippen molar-refractivity contribution in [2.75, 3.05) is 20.3 Å². The molecule has 1 heterocycles. The smallest absolute Gasteiger partial charge is 0.0544 e. The molecule has 3 heteroatoms. The number of rotatable bonds is 6. The van der Waals surface area contributed by atoms with Gasteiger partial charge in [-0.15, -0.1) is 0 Å². The zero-order chi connectivity index (χ0) is 11.1. The number of pyridine rings is 1. The van der Waals surface area contributed by atoms with Gasteiger partial charge in [-0.25, -0.2) is 0 Å². The summed E-state index contributed by atoms with van der Waals surface area (Å²) < 4.78 is 5.07. The lowest BCUT2D eigenvalue weighted by molar-refractivity contribution is 0.158. The Morgan fingerprint density at radius 2 is 2.27 bits per heavy atom. The molecule has 0 fully saturated rings. The van der Waals surface area contributed by atoms with Crippen LogP contribution < -0.4 is 5.32 Å². The van der Waals surface area contributed by atoms with E-state index in [0.717, 1.165) is 31.1 Å². The topological polar surface area (TPSA) is 34.1 Å². The zero-order valence-corrected chi connectivity index (χ0v) is 9.79. The molecule has 0 aliphatic carbocycles. The second-order valence-electron chi connectivity index (χ2n) is 3.96. The standard InChI is InChI=1S/C12H20N2O/c1-10(9-15-3)7-13-8-12-6-4-5-11(2)14-12/h4-6,10,13H,7-9H2,1-3H3. The number of ether oxygens (including phenoxy) is 1. The Hall–Kier alpha value is -0.930.